The summed E-state index contributed by atoms with van der Waals surface area (Å²) in [5.41, 5.74) is 7.15. The molecule has 1 aliphatic heterocycles. The number of rotatable bonds is 7. The Bertz CT molecular complexity index is 1030. The Hall–Kier alpha value is -2.66. The van der Waals surface area contributed by atoms with Gasteiger partial charge in [-0.05, 0) is 77.6 Å². The zero-order valence-corrected chi connectivity index (χ0v) is 19.4. The summed E-state index contributed by atoms with van der Waals surface area (Å²) >= 11 is 7.58. The van der Waals surface area contributed by atoms with Crippen LogP contribution in [-0.4, -0.2) is 42.1 Å². The zero-order chi connectivity index (χ0) is 21.8. The first-order valence-corrected chi connectivity index (χ1v) is 10.6. The molecule has 0 unspecified atom stereocenters. The number of hydrogen-bond donors (Lipinski definition) is 1. The number of halogens is 1. The summed E-state index contributed by atoms with van der Waals surface area (Å²) in [4.78, 5) is 27.1. The number of carbonyl (C=O) groups excluding carboxylic acids is 2. The number of carbonyl (C=O) groups is 2. The van der Waals surface area contributed by atoms with Crippen LogP contribution in [0.3, 0.4) is 0 Å². The van der Waals surface area contributed by atoms with E-state index in [1.807, 2.05) is 43.3 Å². The summed E-state index contributed by atoms with van der Waals surface area (Å²) in [6.07, 6.45) is 1.76. The normalized spacial score (nSPS) is 15.1. The number of nitrogens with zero attached hydrogens (tertiary/aromatic N) is 2. The third kappa shape index (κ3) is 4.57. The molecule has 7 nitrogen and oxygen atoms in total. The molecule has 3 rings (SSSR count). The van der Waals surface area contributed by atoms with Crippen LogP contribution in [0, 0.1) is 3.57 Å². The van der Waals surface area contributed by atoms with Gasteiger partial charge in [0.2, 0.25) is 0 Å². The molecular formula is C21H20IN3O4S. The van der Waals surface area contributed by atoms with E-state index in [0.717, 1.165) is 14.8 Å². The quantitative estimate of drug-likeness (QED) is 0.332. The summed E-state index contributed by atoms with van der Waals surface area (Å²) < 4.78 is 11.9. The Morgan fingerprint density at radius 1 is 1.23 bits per heavy atom. The first kappa shape index (κ1) is 22.0. The lowest BCUT2D eigenvalue weighted by Gasteiger charge is -2.19. The van der Waals surface area contributed by atoms with Gasteiger partial charge in [-0.2, -0.15) is 0 Å². The number of amides is 2. The fourth-order valence-electron chi connectivity index (χ4n) is 2.94. The van der Waals surface area contributed by atoms with Crippen molar-refractivity contribution in [1.29, 1.82) is 0 Å². The molecule has 2 N–H and O–H groups in total. The van der Waals surface area contributed by atoms with Gasteiger partial charge in [-0.3, -0.25) is 19.4 Å². The average Bonchev–Trinajstić information content (AvgIpc) is 2.92. The van der Waals surface area contributed by atoms with Crippen LogP contribution in [0.25, 0.3) is 6.08 Å². The van der Waals surface area contributed by atoms with Crippen LogP contribution in [-0.2, 0) is 9.59 Å². The number of para-hydroxylation sites is 1. The van der Waals surface area contributed by atoms with Gasteiger partial charge in [-0.25, -0.2) is 0 Å². The molecule has 156 valence electrons. The van der Waals surface area contributed by atoms with Gasteiger partial charge >= 0.3 is 0 Å². The van der Waals surface area contributed by atoms with Gasteiger partial charge in [0.1, 0.15) is 5.70 Å². The molecule has 30 heavy (non-hydrogen) atoms. The van der Waals surface area contributed by atoms with E-state index in [4.69, 9.17) is 27.4 Å². The summed E-state index contributed by atoms with van der Waals surface area (Å²) in [7, 11) is 1.65. The van der Waals surface area contributed by atoms with E-state index < -0.39 is 5.91 Å². The fourth-order valence-corrected chi connectivity index (χ4v) is 4.00. The van der Waals surface area contributed by atoms with Crippen molar-refractivity contribution < 1.29 is 19.1 Å². The number of hydrogen-bond acceptors (Lipinski definition) is 5. The minimum absolute atomic E-state index is 0.203. The highest BCUT2D eigenvalue weighted by molar-refractivity contribution is 14.1. The Morgan fingerprint density at radius 3 is 2.57 bits per heavy atom. The summed E-state index contributed by atoms with van der Waals surface area (Å²) in [6.45, 7) is 2.00. The zero-order valence-electron chi connectivity index (χ0n) is 16.4. The van der Waals surface area contributed by atoms with Crippen molar-refractivity contribution in [1.82, 2.24) is 4.90 Å². The Labute approximate surface area is 193 Å². The van der Waals surface area contributed by atoms with Crippen LogP contribution in [0.4, 0.5) is 5.69 Å². The molecular weight excluding hydrogens is 517 g/mol. The van der Waals surface area contributed by atoms with Gasteiger partial charge in [-0.1, -0.05) is 18.2 Å². The number of thiocarbonyl (C=S) groups is 1. The van der Waals surface area contributed by atoms with Gasteiger partial charge in [0.25, 0.3) is 11.8 Å². The van der Waals surface area contributed by atoms with Crippen LogP contribution >= 0.6 is 34.8 Å². The molecule has 0 spiro atoms. The first-order chi connectivity index (χ1) is 14.3. The number of ether oxygens (including phenoxy) is 2. The van der Waals surface area contributed by atoms with E-state index in [1.165, 1.54) is 4.90 Å². The van der Waals surface area contributed by atoms with Gasteiger partial charge < -0.3 is 15.2 Å². The predicted octanol–water partition coefficient (Wildman–Crippen LogP) is 3.16. The topological polar surface area (TPSA) is 85.1 Å². The maximum absolute atomic E-state index is 12.9. The lowest BCUT2D eigenvalue weighted by Crippen LogP contribution is -2.29. The minimum atomic E-state index is -0.578. The van der Waals surface area contributed by atoms with Crippen molar-refractivity contribution in [2.24, 2.45) is 5.73 Å². The van der Waals surface area contributed by atoms with Gasteiger partial charge in [0.15, 0.2) is 23.2 Å². The smallest absolute Gasteiger partial charge is 0.276 e. The molecule has 1 fully saturated rings. The molecule has 0 aliphatic carbocycles. The lowest BCUT2D eigenvalue weighted by molar-refractivity contribution is -0.121. The third-order valence-corrected chi connectivity index (χ3v) is 5.51. The average molecular weight is 537 g/mol. The van der Waals surface area contributed by atoms with Crippen LogP contribution < -0.4 is 20.1 Å². The fraction of sp³-hybridized carbons (Fsp3) is 0.190. The van der Waals surface area contributed by atoms with Crippen LogP contribution in [0.15, 0.2) is 48.2 Å². The number of likely N-dealkylation sites (N-methyl/N-ethyl adjacent to an activating group) is 1. The maximum Gasteiger partial charge on any atom is 0.276 e. The monoisotopic (exact) mass is 537 g/mol. The summed E-state index contributed by atoms with van der Waals surface area (Å²) in [5.74, 6) is 0.116. The Balaban J connectivity index is 2.06. The van der Waals surface area contributed by atoms with Crippen molar-refractivity contribution in [2.45, 2.75) is 6.92 Å². The molecule has 0 atom stereocenters. The van der Waals surface area contributed by atoms with E-state index in [1.54, 1.807) is 24.1 Å². The van der Waals surface area contributed by atoms with Crippen LogP contribution in [0.1, 0.15) is 12.5 Å². The second kappa shape index (κ2) is 9.43. The minimum Gasteiger partial charge on any atom is -0.490 e. The van der Waals surface area contributed by atoms with Crippen molar-refractivity contribution in [3.63, 3.8) is 0 Å². The molecule has 1 heterocycles. The van der Waals surface area contributed by atoms with Gasteiger partial charge in [0.05, 0.1) is 10.2 Å². The van der Waals surface area contributed by atoms with Gasteiger partial charge in [-0.15, -0.1) is 0 Å². The number of nitrogens with two attached hydrogens (primary N) is 1. The van der Waals surface area contributed by atoms with Crippen molar-refractivity contribution in [2.75, 3.05) is 25.2 Å². The molecule has 0 saturated carbocycles. The lowest BCUT2D eigenvalue weighted by atomic mass is 10.1. The molecule has 2 amide bonds. The Kier molecular flexibility index (Phi) is 6.93. The van der Waals surface area contributed by atoms with E-state index in [9.17, 15) is 9.59 Å². The number of benzene rings is 2. The first-order valence-electron chi connectivity index (χ1n) is 9.09. The molecule has 0 aromatic heterocycles. The molecule has 1 aliphatic rings. The SMILES string of the molecule is CCOc1cc(C=C2C(=O)N(C)C(=S)N2c2ccccc2)cc(I)c1OCC(N)=O. The second-order valence-corrected chi connectivity index (χ2v) is 7.89. The molecule has 2 aromatic rings. The molecule has 9 heteroatoms. The summed E-state index contributed by atoms with van der Waals surface area (Å²) in [6, 6.07) is 13.1. The molecule has 0 bridgehead atoms. The van der Waals surface area contributed by atoms with E-state index in [-0.39, 0.29) is 12.5 Å². The van der Waals surface area contributed by atoms with E-state index >= 15 is 0 Å². The second-order valence-electron chi connectivity index (χ2n) is 6.37. The largest absolute Gasteiger partial charge is 0.490 e. The highest BCUT2D eigenvalue weighted by atomic mass is 127. The van der Waals surface area contributed by atoms with E-state index in [0.29, 0.717) is 28.9 Å². The number of anilines is 1. The number of primary amides is 1. The highest BCUT2D eigenvalue weighted by Crippen LogP contribution is 2.36. The maximum atomic E-state index is 12.9. The van der Waals surface area contributed by atoms with Crippen molar-refractivity contribution in [3.05, 3.63) is 57.3 Å². The highest BCUT2D eigenvalue weighted by Gasteiger charge is 2.36. The van der Waals surface area contributed by atoms with Crippen molar-refractivity contribution in [3.8, 4) is 11.5 Å². The predicted molar refractivity (Wildman–Crippen MR) is 127 cm³/mol. The molecule has 1 saturated heterocycles. The van der Waals surface area contributed by atoms with E-state index in [2.05, 4.69) is 22.6 Å². The third-order valence-electron chi connectivity index (χ3n) is 4.25. The standard InChI is InChI=1S/C21H20IN3O4S/c1-3-28-17-11-13(9-15(22)19(17)29-12-18(23)26)10-16-20(27)24(2)21(30)25(16)14-7-5-4-6-8-14/h4-11H,3,12H2,1-2H3,(H2,23,26). The van der Waals surface area contributed by atoms with Crippen LogP contribution in [0.2, 0.25) is 0 Å². The molecule has 0 radical (unpaired) electrons. The Morgan fingerprint density at radius 2 is 1.93 bits per heavy atom. The molecule has 2 aromatic carbocycles. The summed E-state index contributed by atoms with van der Waals surface area (Å²) in [5, 5.41) is 0.401. The van der Waals surface area contributed by atoms with Crippen LogP contribution in [0.5, 0.6) is 11.5 Å². The van der Waals surface area contributed by atoms with Gasteiger partial charge in [0, 0.05) is 12.7 Å². The van der Waals surface area contributed by atoms with Crippen molar-refractivity contribution >= 4 is 63.5 Å².